The standard InChI is InChI=1S/C29H28Cl2N4O/c1-36-28-17-29(34-26-11-6-5-10-23(26)28)33-13-7-12-32-18-22-16-24-25(31)14-21(30)15-27(24)35(22)19-20-8-3-2-4-9-20/h2-6,8-11,14-17,32H,7,12-13,18-19H2,1H3,(H,33,34). The summed E-state index contributed by atoms with van der Waals surface area (Å²) in [6, 6.07) is 26.3. The number of aromatic nitrogens is 2. The number of methoxy groups -OCH3 is 1. The zero-order valence-electron chi connectivity index (χ0n) is 20.1. The Bertz CT molecular complexity index is 1480. The van der Waals surface area contributed by atoms with Gasteiger partial charge in [0.05, 0.1) is 23.2 Å². The van der Waals surface area contributed by atoms with E-state index in [1.165, 1.54) is 11.3 Å². The maximum atomic E-state index is 6.53. The number of hydrogen-bond acceptors (Lipinski definition) is 4. The van der Waals surface area contributed by atoms with Gasteiger partial charge in [0.1, 0.15) is 11.6 Å². The van der Waals surface area contributed by atoms with Crippen LogP contribution in [0.1, 0.15) is 17.7 Å². The van der Waals surface area contributed by atoms with Crippen molar-refractivity contribution in [1.29, 1.82) is 0 Å². The van der Waals surface area contributed by atoms with Crippen LogP contribution in [0.5, 0.6) is 5.75 Å². The average molecular weight is 519 g/mol. The number of ether oxygens (including phenoxy) is 1. The Labute approximate surface area is 221 Å². The van der Waals surface area contributed by atoms with E-state index in [0.717, 1.165) is 66.0 Å². The molecule has 0 aliphatic rings. The van der Waals surface area contributed by atoms with Gasteiger partial charge in [-0.05, 0) is 48.9 Å². The minimum absolute atomic E-state index is 0.643. The second-order valence-corrected chi connectivity index (χ2v) is 9.56. The lowest BCUT2D eigenvalue weighted by atomic mass is 10.2. The number of halogens is 2. The smallest absolute Gasteiger partial charge is 0.131 e. The summed E-state index contributed by atoms with van der Waals surface area (Å²) < 4.78 is 7.83. The van der Waals surface area contributed by atoms with Crippen LogP contribution in [0.3, 0.4) is 0 Å². The fourth-order valence-corrected chi connectivity index (χ4v) is 5.02. The summed E-state index contributed by atoms with van der Waals surface area (Å²) in [5.74, 6) is 1.64. The predicted molar refractivity (Wildman–Crippen MR) is 151 cm³/mol. The summed E-state index contributed by atoms with van der Waals surface area (Å²) in [4.78, 5) is 4.70. The SMILES string of the molecule is COc1cc(NCCCNCc2cc3c(Cl)cc(Cl)cc3n2Cc2ccccc2)nc2ccccc12. The lowest BCUT2D eigenvalue weighted by Crippen LogP contribution is -2.20. The minimum Gasteiger partial charge on any atom is -0.496 e. The van der Waals surface area contributed by atoms with Gasteiger partial charge in [-0.3, -0.25) is 0 Å². The molecule has 2 aromatic heterocycles. The summed E-state index contributed by atoms with van der Waals surface area (Å²) in [6.07, 6.45) is 0.947. The van der Waals surface area contributed by atoms with E-state index in [9.17, 15) is 0 Å². The molecule has 0 radical (unpaired) electrons. The topological polar surface area (TPSA) is 51.1 Å². The van der Waals surface area contributed by atoms with Crippen molar-refractivity contribution in [3.05, 3.63) is 100 Å². The first-order chi connectivity index (χ1) is 17.6. The molecule has 5 rings (SSSR count). The third-order valence-corrected chi connectivity index (χ3v) is 6.78. The fraction of sp³-hybridized carbons (Fsp3) is 0.207. The average Bonchev–Trinajstić information content (AvgIpc) is 3.23. The first-order valence-electron chi connectivity index (χ1n) is 12.0. The summed E-state index contributed by atoms with van der Waals surface area (Å²) in [5.41, 5.74) is 4.37. The number of benzene rings is 3. The molecule has 0 amide bonds. The Hall–Kier alpha value is -3.25. The van der Waals surface area contributed by atoms with Crippen LogP contribution in [0.25, 0.3) is 21.8 Å². The van der Waals surface area contributed by atoms with E-state index in [1.54, 1.807) is 13.2 Å². The highest BCUT2D eigenvalue weighted by Crippen LogP contribution is 2.31. The van der Waals surface area contributed by atoms with E-state index in [-0.39, 0.29) is 0 Å². The molecule has 0 aliphatic heterocycles. The molecule has 0 unspecified atom stereocenters. The van der Waals surface area contributed by atoms with Gasteiger partial charge in [0.2, 0.25) is 0 Å². The molecule has 0 spiro atoms. The largest absolute Gasteiger partial charge is 0.496 e. The molecule has 0 saturated carbocycles. The van der Waals surface area contributed by atoms with Crippen molar-refractivity contribution in [2.24, 2.45) is 0 Å². The predicted octanol–water partition coefficient (Wildman–Crippen LogP) is 7.15. The number of pyridine rings is 1. The zero-order chi connectivity index (χ0) is 24.9. The van der Waals surface area contributed by atoms with E-state index in [0.29, 0.717) is 10.0 Å². The van der Waals surface area contributed by atoms with Crippen molar-refractivity contribution < 1.29 is 4.74 Å². The Balaban J connectivity index is 1.22. The quantitative estimate of drug-likeness (QED) is 0.193. The van der Waals surface area contributed by atoms with Crippen LogP contribution in [0, 0.1) is 0 Å². The van der Waals surface area contributed by atoms with Gasteiger partial charge in [-0.15, -0.1) is 0 Å². The molecule has 7 heteroatoms. The van der Waals surface area contributed by atoms with Crippen LogP contribution in [-0.2, 0) is 13.1 Å². The van der Waals surface area contributed by atoms with Crippen molar-refractivity contribution in [3.8, 4) is 5.75 Å². The van der Waals surface area contributed by atoms with Gasteiger partial charge in [0, 0.05) is 47.2 Å². The number of hydrogen-bond donors (Lipinski definition) is 2. The van der Waals surface area contributed by atoms with E-state index >= 15 is 0 Å². The first kappa shape index (κ1) is 24.4. The number of fused-ring (bicyclic) bond motifs is 2. The Kier molecular flexibility index (Phi) is 7.61. The molecule has 0 aliphatic carbocycles. The first-order valence-corrected chi connectivity index (χ1v) is 12.8. The lowest BCUT2D eigenvalue weighted by molar-refractivity contribution is 0.419. The molecular weight excluding hydrogens is 491 g/mol. The van der Waals surface area contributed by atoms with E-state index in [1.807, 2.05) is 42.5 Å². The van der Waals surface area contributed by atoms with Gasteiger partial charge in [-0.25, -0.2) is 4.98 Å². The number of para-hydroxylation sites is 1. The Morgan fingerprint density at radius 1 is 0.889 bits per heavy atom. The third-order valence-electron chi connectivity index (χ3n) is 6.25. The highest BCUT2D eigenvalue weighted by molar-refractivity contribution is 6.38. The van der Waals surface area contributed by atoms with Crippen LogP contribution in [-0.4, -0.2) is 29.8 Å². The summed E-state index contributed by atoms with van der Waals surface area (Å²) in [7, 11) is 1.69. The molecule has 0 saturated heterocycles. The summed E-state index contributed by atoms with van der Waals surface area (Å²) in [5, 5.41) is 10.4. The van der Waals surface area contributed by atoms with Gasteiger partial charge in [0.15, 0.2) is 0 Å². The van der Waals surface area contributed by atoms with Gasteiger partial charge in [0.25, 0.3) is 0 Å². The normalized spacial score (nSPS) is 11.3. The van der Waals surface area contributed by atoms with Gasteiger partial charge >= 0.3 is 0 Å². The van der Waals surface area contributed by atoms with E-state index in [4.69, 9.17) is 32.9 Å². The lowest BCUT2D eigenvalue weighted by Gasteiger charge is -2.13. The fourth-order valence-electron chi connectivity index (χ4n) is 4.49. The summed E-state index contributed by atoms with van der Waals surface area (Å²) in [6.45, 7) is 3.15. The van der Waals surface area contributed by atoms with Gasteiger partial charge < -0.3 is 19.9 Å². The number of nitrogens with one attached hydrogen (secondary N) is 2. The second kappa shape index (κ2) is 11.2. The summed E-state index contributed by atoms with van der Waals surface area (Å²) >= 11 is 12.9. The zero-order valence-corrected chi connectivity index (χ0v) is 21.6. The van der Waals surface area contributed by atoms with Crippen LogP contribution in [0.2, 0.25) is 10.0 Å². The molecule has 0 fully saturated rings. The number of rotatable bonds is 10. The molecule has 0 bridgehead atoms. The van der Waals surface area contributed by atoms with Crippen molar-refractivity contribution in [3.63, 3.8) is 0 Å². The van der Waals surface area contributed by atoms with Crippen LogP contribution in [0.4, 0.5) is 5.82 Å². The van der Waals surface area contributed by atoms with Crippen LogP contribution < -0.4 is 15.4 Å². The highest BCUT2D eigenvalue weighted by Gasteiger charge is 2.13. The maximum Gasteiger partial charge on any atom is 0.131 e. The van der Waals surface area contributed by atoms with Crippen LogP contribution >= 0.6 is 23.2 Å². The van der Waals surface area contributed by atoms with E-state index in [2.05, 4.69) is 45.5 Å². The highest BCUT2D eigenvalue weighted by atomic mass is 35.5. The van der Waals surface area contributed by atoms with Crippen molar-refractivity contribution in [2.45, 2.75) is 19.5 Å². The minimum atomic E-state index is 0.643. The molecule has 5 aromatic rings. The molecule has 36 heavy (non-hydrogen) atoms. The van der Waals surface area contributed by atoms with Gasteiger partial charge in [-0.2, -0.15) is 0 Å². The Morgan fingerprint density at radius 2 is 1.69 bits per heavy atom. The maximum absolute atomic E-state index is 6.53. The second-order valence-electron chi connectivity index (χ2n) is 8.71. The van der Waals surface area contributed by atoms with Crippen molar-refractivity contribution in [2.75, 3.05) is 25.5 Å². The molecule has 2 N–H and O–H groups in total. The van der Waals surface area contributed by atoms with Crippen molar-refractivity contribution >= 4 is 50.8 Å². The molecule has 184 valence electrons. The van der Waals surface area contributed by atoms with Crippen LogP contribution in [0.15, 0.2) is 78.9 Å². The molecule has 2 heterocycles. The van der Waals surface area contributed by atoms with Gasteiger partial charge in [-0.1, -0.05) is 65.7 Å². The molecule has 5 nitrogen and oxygen atoms in total. The number of anilines is 1. The monoisotopic (exact) mass is 518 g/mol. The van der Waals surface area contributed by atoms with E-state index < -0.39 is 0 Å². The number of nitrogens with zero attached hydrogens (tertiary/aromatic N) is 2. The molecule has 3 aromatic carbocycles. The van der Waals surface area contributed by atoms with Crippen molar-refractivity contribution in [1.82, 2.24) is 14.9 Å². The Morgan fingerprint density at radius 3 is 2.53 bits per heavy atom. The third kappa shape index (κ3) is 5.44. The molecular formula is C29H28Cl2N4O. The molecule has 0 atom stereocenters.